The lowest BCUT2D eigenvalue weighted by Crippen LogP contribution is -2.30. The van der Waals surface area contributed by atoms with Gasteiger partial charge in [0.05, 0.1) is 18.3 Å². The Balaban J connectivity index is 1.53. The molecular formula is C20H19N7O3. The van der Waals surface area contributed by atoms with E-state index in [9.17, 15) is 9.59 Å². The summed E-state index contributed by atoms with van der Waals surface area (Å²) in [7, 11) is 5.07. The van der Waals surface area contributed by atoms with Crippen LogP contribution in [-0.4, -0.2) is 43.2 Å². The van der Waals surface area contributed by atoms with E-state index in [2.05, 4.69) is 25.7 Å². The van der Waals surface area contributed by atoms with E-state index in [-0.39, 0.29) is 0 Å². The van der Waals surface area contributed by atoms with Gasteiger partial charge in [0.25, 0.3) is 0 Å². The van der Waals surface area contributed by atoms with E-state index in [4.69, 9.17) is 4.74 Å². The standard InChI is InChI=1S/C20H19N7O3/c1-26-10-9-22-18(26)14-11-16(27(2)25-14)24-20(29)19(28)23-13-6-7-15(30-3)12-5-4-8-21-17(12)13/h4-11H,1-3H3,(H,23,28)(H,24,29). The van der Waals surface area contributed by atoms with Crippen molar-refractivity contribution in [3.63, 3.8) is 0 Å². The zero-order valence-electron chi connectivity index (χ0n) is 16.6. The predicted molar refractivity (Wildman–Crippen MR) is 111 cm³/mol. The monoisotopic (exact) mass is 405 g/mol. The van der Waals surface area contributed by atoms with Crippen LogP contribution in [-0.2, 0) is 23.7 Å². The smallest absolute Gasteiger partial charge is 0.315 e. The summed E-state index contributed by atoms with van der Waals surface area (Å²) >= 11 is 0. The van der Waals surface area contributed by atoms with Crippen molar-refractivity contribution in [2.24, 2.45) is 14.1 Å². The van der Waals surface area contributed by atoms with Crippen LogP contribution in [0.15, 0.2) is 48.9 Å². The molecule has 0 bridgehead atoms. The highest BCUT2D eigenvalue weighted by atomic mass is 16.5. The molecule has 3 aromatic heterocycles. The second kappa shape index (κ2) is 7.66. The van der Waals surface area contributed by atoms with Gasteiger partial charge in [0.15, 0.2) is 5.82 Å². The summed E-state index contributed by atoms with van der Waals surface area (Å²) in [5, 5.41) is 10.2. The number of aromatic nitrogens is 5. The van der Waals surface area contributed by atoms with Crippen LogP contribution < -0.4 is 15.4 Å². The van der Waals surface area contributed by atoms with Crippen molar-refractivity contribution < 1.29 is 14.3 Å². The molecule has 0 atom stereocenters. The summed E-state index contributed by atoms with van der Waals surface area (Å²) in [6.45, 7) is 0. The molecule has 3 heterocycles. The maximum atomic E-state index is 12.5. The molecule has 4 rings (SSSR count). The Kier molecular flexibility index (Phi) is 4.88. The third kappa shape index (κ3) is 3.46. The number of nitrogens with one attached hydrogen (secondary N) is 2. The second-order valence-corrected chi connectivity index (χ2v) is 6.52. The topological polar surface area (TPSA) is 116 Å². The number of fused-ring (bicyclic) bond motifs is 1. The lowest BCUT2D eigenvalue weighted by molar-refractivity contribution is -0.133. The zero-order valence-corrected chi connectivity index (χ0v) is 16.6. The first-order chi connectivity index (χ1) is 14.5. The van der Waals surface area contributed by atoms with Crippen LogP contribution in [0, 0.1) is 0 Å². The van der Waals surface area contributed by atoms with Crippen LogP contribution in [0.3, 0.4) is 0 Å². The fourth-order valence-electron chi connectivity index (χ4n) is 3.08. The highest BCUT2D eigenvalue weighted by molar-refractivity contribution is 6.44. The van der Waals surface area contributed by atoms with Gasteiger partial charge in [-0.25, -0.2) is 4.98 Å². The number of hydrogen-bond donors (Lipinski definition) is 2. The molecule has 0 spiro atoms. The average Bonchev–Trinajstić information content (AvgIpc) is 3.33. The number of rotatable bonds is 4. The summed E-state index contributed by atoms with van der Waals surface area (Å²) in [6, 6.07) is 8.59. The Morgan fingerprint density at radius 2 is 1.83 bits per heavy atom. The number of carbonyl (C=O) groups is 2. The predicted octanol–water partition coefficient (Wildman–Crippen LogP) is 1.95. The molecule has 0 saturated heterocycles. The molecule has 0 aliphatic carbocycles. The summed E-state index contributed by atoms with van der Waals surface area (Å²) < 4.78 is 8.60. The van der Waals surface area contributed by atoms with Crippen molar-refractivity contribution in [3.05, 3.63) is 48.9 Å². The van der Waals surface area contributed by atoms with Crippen molar-refractivity contribution in [3.8, 4) is 17.3 Å². The first-order valence-corrected chi connectivity index (χ1v) is 9.03. The molecule has 1 aromatic carbocycles. The van der Waals surface area contributed by atoms with Crippen LogP contribution in [0.1, 0.15) is 0 Å². The maximum absolute atomic E-state index is 12.5. The molecular weight excluding hydrogens is 386 g/mol. The maximum Gasteiger partial charge on any atom is 0.315 e. The van der Waals surface area contributed by atoms with E-state index in [1.165, 1.54) is 4.68 Å². The summed E-state index contributed by atoms with van der Waals surface area (Å²) in [4.78, 5) is 33.5. The first-order valence-electron chi connectivity index (χ1n) is 9.03. The minimum absolute atomic E-state index is 0.367. The van der Waals surface area contributed by atoms with Crippen LogP contribution in [0.2, 0.25) is 0 Å². The summed E-state index contributed by atoms with van der Waals surface area (Å²) in [6.07, 6.45) is 5.05. The van der Waals surface area contributed by atoms with Gasteiger partial charge in [-0.15, -0.1) is 0 Å². The van der Waals surface area contributed by atoms with Gasteiger partial charge in [-0.05, 0) is 24.3 Å². The van der Waals surface area contributed by atoms with Crippen molar-refractivity contribution in [1.82, 2.24) is 24.3 Å². The van der Waals surface area contributed by atoms with E-state index in [1.54, 1.807) is 57.0 Å². The van der Waals surface area contributed by atoms with E-state index >= 15 is 0 Å². The van der Waals surface area contributed by atoms with E-state index < -0.39 is 11.8 Å². The van der Waals surface area contributed by atoms with Gasteiger partial charge >= 0.3 is 11.8 Å². The van der Waals surface area contributed by atoms with Crippen LogP contribution in [0.5, 0.6) is 5.75 Å². The van der Waals surface area contributed by atoms with Crippen LogP contribution in [0.25, 0.3) is 22.4 Å². The number of aryl methyl sites for hydroxylation is 2. The van der Waals surface area contributed by atoms with Gasteiger partial charge in [-0.2, -0.15) is 5.10 Å². The lowest BCUT2D eigenvalue weighted by atomic mass is 10.1. The highest BCUT2D eigenvalue weighted by Crippen LogP contribution is 2.29. The molecule has 152 valence electrons. The van der Waals surface area contributed by atoms with Gasteiger partial charge in [0.1, 0.15) is 17.3 Å². The number of carbonyl (C=O) groups excluding carboxylic acids is 2. The Bertz CT molecular complexity index is 1260. The van der Waals surface area contributed by atoms with Gasteiger partial charge < -0.3 is 19.9 Å². The molecule has 2 N–H and O–H groups in total. The van der Waals surface area contributed by atoms with Crippen molar-refractivity contribution in [1.29, 1.82) is 0 Å². The van der Waals surface area contributed by atoms with Crippen molar-refractivity contribution >= 4 is 34.2 Å². The normalized spacial score (nSPS) is 10.8. The van der Waals surface area contributed by atoms with Gasteiger partial charge in [0.2, 0.25) is 0 Å². The Hall–Kier alpha value is -4.21. The van der Waals surface area contributed by atoms with E-state index in [0.29, 0.717) is 34.3 Å². The summed E-state index contributed by atoms with van der Waals surface area (Å²) in [5.41, 5.74) is 1.51. The number of benzene rings is 1. The molecule has 0 saturated carbocycles. The number of nitrogens with zero attached hydrogens (tertiary/aromatic N) is 5. The number of anilines is 2. The van der Waals surface area contributed by atoms with Gasteiger partial charge in [-0.1, -0.05) is 0 Å². The molecule has 0 aliphatic heterocycles. The lowest BCUT2D eigenvalue weighted by Gasteiger charge is -2.11. The molecule has 0 unspecified atom stereocenters. The quantitative estimate of drug-likeness (QED) is 0.502. The van der Waals surface area contributed by atoms with Crippen molar-refractivity contribution in [2.75, 3.05) is 17.7 Å². The minimum atomic E-state index is -0.829. The van der Waals surface area contributed by atoms with Gasteiger partial charge in [-0.3, -0.25) is 19.3 Å². The SMILES string of the molecule is COc1ccc(NC(=O)C(=O)Nc2cc(-c3nccn3C)nn2C)c2ncccc12. The third-order valence-corrected chi connectivity index (χ3v) is 4.58. The first kappa shape index (κ1) is 19.1. The van der Waals surface area contributed by atoms with Crippen LogP contribution in [0.4, 0.5) is 11.5 Å². The van der Waals surface area contributed by atoms with E-state index in [1.807, 2.05) is 17.7 Å². The Morgan fingerprint density at radius 1 is 1.03 bits per heavy atom. The van der Waals surface area contributed by atoms with Crippen molar-refractivity contribution in [2.45, 2.75) is 0 Å². The molecule has 10 heteroatoms. The Morgan fingerprint density at radius 3 is 2.57 bits per heavy atom. The average molecular weight is 405 g/mol. The van der Waals surface area contributed by atoms with E-state index in [0.717, 1.165) is 5.39 Å². The third-order valence-electron chi connectivity index (χ3n) is 4.58. The second-order valence-electron chi connectivity index (χ2n) is 6.52. The number of hydrogen-bond acceptors (Lipinski definition) is 6. The number of methoxy groups -OCH3 is 1. The fourth-order valence-corrected chi connectivity index (χ4v) is 3.08. The molecule has 0 radical (unpaired) electrons. The van der Waals surface area contributed by atoms with Gasteiger partial charge in [0, 0.05) is 44.1 Å². The number of pyridine rings is 1. The van der Waals surface area contributed by atoms with Crippen LogP contribution >= 0.6 is 0 Å². The molecule has 0 fully saturated rings. The zero-order chi connectivity index (χ0) is 21.3. The summed E-state index contributed by atoms with van der Waals surface area (Å²) in [5.74, 6) is -0.0226. The molecule has 4 aromatic rings. The largest absolute Gasteiger partial charge is 0.496 e. The molecule has 0 aliphatic rings. The number of ether oxygens (including phenoxy) is 1. The number of imidazole rings is 1. The highest BCUT2D eigenvalue weighted by Gasteiger charge is 2.19. The number of amides is 2. The molecule has 10 nitrogen and oxygen atoms in total. The minimum Gasteiger partial charge on any atom is -0.496 e. The molecule has 2 amide bonds. The fraction of sp³-hybridized carbons (Fsp3) is 0.150. The Labute approximate surface area is 171 Å². The molecule has 30 heavy (non-hydrogen) atoms.